The van der Waals surface area contributed by atoms with E-state index < -0.39 is 0 Å². The second kappa shape index (κ2) is 8.33. The highest BCUT2D eigenvalue weighted by Gasteiger charge is 2.57. The third-order valence-corrected chi connectivity index (χ3v) is 5.93. The van der Waals surface area contributed by atoms with Crippen molar-refractivity contribution in [3.8, 4) is 0 Å². The first-order chi connectivity index (χ1) is 13.1. The quantitative estimate of drug-likeness (QED) is 0.823. The summed E-state index contributed by atoms with van der Waals surface area (Å²) in [6, 6.07) is 16.7. The molecule has 6 heteroatoms. The summed E-state index contributed by atoms with van der Waals surface area (Å²) in [5.41, 5.74) is 2.29. The van der Waals surface area contributed by atoms with Crippen molar-refractivity contribution in [1.29, 1.82) is 0 Å². The van der Waals surface area contributed by atoms with Gasteiger partial charge in [0.25, 0.3) is 5.91 Å². The van der Waals surface area contributed by atoms with Crippen LogP contribution in [0.3, 0.4) is 0 Å². The molecule has 2 amide bonds. The van der Waals surface area contributed by atoms with Crippen molar-refractivity contribution in [3.05, 3.63) is 60.2 Å². The molecule has 0 bridgehead atoms. The molecule has 2 aromatic rings. The summed E-state index contributed by atoms with van der Waals surface area (Å²) in [4.78, 5) is 27.1. The minimum absolute atomic E-state index is 0. The fraction of sp³-hybridized carbons (Fsp3) is 0.364. The molecule has 28 heavy (non-hydrogen) atoms. The number of hydrogen-bond acceptors (Lipinski definition) is 3. The van der Waals surface area contributed by atoms with Crippen LogP contribution in [-0.4, -0.2) is 32.0 Å². The van der Waals surface area contributed by atoms with Crippen LogP contribution in [0.5, 0.6) is 0 Å². The van der Waals surface area contributed by atoms with E-state index in [1.54, 1.807) is 24.1 Å². The number of carbonyl (C=O) groups is 2. The number of rotatable bonds is 4. The van der Waals surface area contributed by atoms with Crippen molar-refractivity contribution in [2.24, 2.45) is 11.3 Å². The fourth-order valence-electron chi connectivity index (χ4n) is 4.12. The summed E-state index contributed by atoms with van der Waals surface area (Å²) >= 11 is 0. The largest absolute Gasteiger partial charge is 0.326 e. The maximum Gasteiger partial charge on any atom is 0.258 e. The maximum atomic E-state index is 12.8. The summed E-state index contributed by atoms with van der Waals surface area (Å²) in [6.45, 7) is 2.00. The summed E-state index contributed by atoms with van der Waals surface area (Å²) in [7, 11) is 1.76. The molecular weight excluding hydrogens is 374 g/mol. The molecule has 5 nitrogen and oxygen atoms in total. The summed E-state index contributed by atoms with van der Waals surface area (Å²) in [5, 5.41) is 6.38. The summed E-state index contributed by atoms with van der Waals surface area (Å²) in [5.74, 6) is 0.0856. The Bertz CT molecular complexity index is 850. The molecule has 1 spiro atoms. The Morgan fingerprint density at radius 3 is 2.50 bits per heavy atom. The van der Waals surface area contributed by atoms with Crippen LogP contribution in [0.15, 0.2) is 54.6 Å². The molecule has 4 rings (SSSR count). The molecule has 2 N–H and O–H groups in total. The SMILES string of the molecule is CN(C(=O)c1cccc(NC(=O)C2CC23CCNCC3)c1)c1ccccc1.Cl. The van der Waals surface area contributed by atoms with E-state index in [2.05, 4.69) is 10.6 Å². The number of nitrogens with one attached hydrogen (secondary N) is 2. The highest BCUT2D eigenvalue weighted by Crippen LogP contribution is 2.58. The molecule has 1 saturated heterocycles. The van der Waals surface area contributed by atoms with E-state index in [4.69, 9.17) is 0 Å². The van der Waals surface area contributed by atoms with Crippen molar-refractivity contribution >= 4 is 35.6 Å². The third-order valence-electron chi connectivity index (χ3n) is 5.93. The second-order valence-corrected chi connectivity index (χ2v) is 7.64. The van der Waals surface area contributed by atoms with Gasteiger partial charge in [0.2, 0.25) is 5.91 Å². The second-order valence-electron chi connectivity index (χ2n) is 7.64. The first-order valence-electron chi connectivity index (χ1n) is 9.54. The molecule has 1 aliphatic carbocycles. The molecule has 1 unspecified atom stereocenters. The van der Waals surface area contributed by atoms with Crippen LogP contribution < -0.4 is 15.5 Å². The number of amides is 2. The highest BCUT2D eigenvalue weighted by molar-refractivity contribution is 6.06. The summed E-state index contributed by atoms with van der Waals surface area (Å²) in [6.07, 6.45) is 3.13. The molecule has 1 atom stereocenters. The van der Waals surface area contributed by atoms with Gasteiger partial charge in [0.1, 0.15) is 0 Å². The average molecular weight is 400 g/mol. The molecule has 1 heterocycles. The molecule has 2 aromatic carbocycles. The minimum atomic E-state index is -0.0986. The Labute approximate surface area is 171 Å². The van der Waals surface area contributed by atoms with E-state index in [0.29, 0.717) is 11.3 Å². The molecule has 2 aliphatic rings. The van der Waals surface area contributed by atoms with Gasteiger partial charge in [-0.15, -0.1) is 12.4 Å². The molecule has 148 valence electrons. The standard InChI is InChI=1S/C22H25N3O2.ClH/c1-25(18-8-3-2-4-9-18)21(27)16-6-5-7-17(14-16)24-20(26)19-15-22(19)10-12-23-13-11-22;/h2-9,14,19,23H,10-13,15H2,1H3,(H,24,26);1H. The van der Waals surface area contributed by atoms with Crippen LogP contribution in [0.1, 0.15) is 29.6 Å². The number of halogens is 1. The van der Waals surface area contributed by atoms with E-state index in [9.17, 15) is 9.59 Å². The van der Waals surface area contributed by atoms with Crippen LogP contribution in [-0.2, 0) is 4.79 Å². The molecule has 0 radical (unpaired) electrons. The van der Waals surface area contributed by atoms with Crippen LogP contribution in [0.25, 0.3) is 0 Å². The predicted octanol–water partition coefficient (Wildman–Crippen LogP) is 3.71. The number of hydrogen-bond donors (Lipinski definition) is 2. The van der Waals surface area contributed by atoms with Crippen LogP contribution >= 0.6 is 12.4 Å². The zero-order valence-corrected chi connectivity index (χ0v) is 16.8. The minimum Gasteiger partial charge on any atom is -0.326 e. The Hall–Kier alpha value is -2.37. The first-order valence-corrected chi connectivity index (χ1v) is 9.54. The van der Waals surface area contributed by atoms with Crippen LogP contribution in [0, 0.1) is 11.3 Å². The van der Waals surface area contributed by atoms with Gasteiger partial charge in [-0.2, -0.15) is 0 Å². The number of para-hydroxylation sites is 1. The normalized spacial score (nSPS) is 19.4. The van der Waals surface area contributed by atoms with Gasteiger partial charge >= 0.3 is 0 Å². The molecule has 0 aromatic heterocycles. The Morgan fingerprint density at radius 2 is 1.79 bits per heavy atom. The van der Waals surface area contributed by atoms with Crippen molar-refractivity contribution in [3.63, 3.8) is 0 Å². The lowest BCUT2D eigenvalue weighted by molar-refractivity contribution is -0.118. The zero-order valence-electron chi connectivity index (χ0n) is 16.0. The Morgan fingerprint density at radius 1 is 1.07 bits per heavy atom. The van der Waals surface area contributed by atoms with Gasteiger partial charge in [-0.25, -0.2) is 0 Å². The van der Waals surface area contributed by atoms with Gasteiger partial charge in [0.05, 0.1) is 0 Å². The average Bonchev–Trinajstić information content (AvgIpc) is 3.41. The monoisotopic (exact) mass is 399 g/mol. The van der Waals surface area contributed by atoms with Crippen molar-refractivity contribution in [2.45, 2.75) is 19.3 Å². The zero-order chi connectivity index (χ0) is 18.9. The predicted molar refractivity (Wildman–Crippen MR) is 114 cm³/mol. The van der Waals surface area contributed by atoms with Gasteiger partial charge in [-0.3, -0.25) is 9.59 Å². The lowest BCUT2D eigenvalue weighted by atomic mass is 9.92. The first kappa shape index (κ1) is 20.4. The molecular formula is C22H26ClN3O2. The Balaban J connectivity index is 0.00000225. The van der Waals surface area contributed by atoms with Crippen molar-refractivity contribution in [1.82, 2.24) is 5.32 Å². The molecule has 2 fully saturated rings. The maximum absolute atomic E-state index is 12.8. The lowest BCUT2D eigenvalue weighted by Gasteiger charge is -2.23. The van der Waals surface area contributed by atoms with Crippen molar-refractivity contribution < 1.29 is 9.59 Å². The number of carbonyl (C=O) groups excluding carboxylic acids is 2. The number of piperidine rings is 1. The van der Waals surface area contributed by atoms with E-state index >= 15 is 0 Å². The van der Waals surface area contributed by atoms with Gasteiger partial charge in [-0.05, 0) is 68.1 Å². The molecule has 1 saturated carbocycles. The summed E-state index contributed by atoms with van der Waals surface area (Å²) < 4.78 is 0. The van der Waals surface area contributed by atoms with E-state index in [1.807, 2.05) is 42.5 Å². The fourth-order valence-corrected chi connectivity index (χ4v) is 4.12. The highest BCUT2D eigenvalue weighted by atomic mass is 35.5. The lowest BCUT2D eigenvalue weighted by Crippen LogP contribution is -2.31. The number of nitrogens with zero attached hydrogens (tertiary/aromatic N) is 1. The van der Waals surface area contributed by atoms with Gasteiger partial charge in [-0.1, -0.05) is 24.3 Å². The number of anilines is 2. The third kappa shape index (κ3) is 4.05. The van der Waals surface area contributed by atoms with Crippen LogP contribution in [0.2, 0.25) is 0 Å². The Kier molecular flexibility index (Phi) is 6.06. The van der Waals surface area contributed by atoms with Gasteiger partial charge < -0.3 is 15.5 Å². The molecule has 1 aliphatic heterocycles. The smallest absolute Gasteiger partial charge is 0.258 e. The van der Waals surface area contributed by atoms with E-state index in [1.165, 1.54) is 0 Å². The van der Waals surface area contributed by atoms with Gasteiger partial charge in [0.15, 0.2) is 0 Å². The van der Waals surface area contributed by atoms with E-state index in [0.717, 1.165) is 38.0 Å². The van der Waals surface area contributed by atoms with Crippen molar-refractivity contribution in [2.75, 3.05) is 30.4 Å². The number of benzene rings is 2. The van der Waals surface area contributed by atoms with Gasteiger partial charge in [0, 0.05) is 29.9 Å². The van der Waals surface area contributed by atoms with Crippen LogP contribution in [0.4, 0.5) is 11.4 Å². The topological polar surface area (TPSA) is 61.4 Å². The van der Waals surface area contributed by atoms with E-state index in [-0.39, 0.29) is 35.6 Å².